The van der Waals surface area contributed by atoms with Gasteiger partial charge in [0.15, 0.2) is 5.78 Å². The van der Waals surface area contributed by atoms with Crippen molar-refractivity contribution in [2.24, 2.45) is 0 Å². The summed E-state index contributed by atoms with van der Waals surface area (Å²) in [6.07, 6.45) is 0.898. The number of methoxy groups -OCH3 is 1. The van der Waals surface area contributed by atoms with E-state index in [1.165, 1.54) is 9.13 Å². The lowest BCUT2D eigenvalue weighted by atomic mass is 9.95. The lowest BCUT2D eigenvalue weighted by Gasteiger charge is -2.28. The van der Waals surface area contributed by atoms with E-state index < -0.39 is 0 Å². The van der Waals surface area contributed by atoms with Crippen LogP contribution < -0.4 is 4.74 Å². The van der Waals surface area contributed by atoms with Crippen LogP contribution in [-0.4, -0.2) is 31.4 Å². The van der Waals surface area contributed by atoms with E-state index in [0.717, 1.165) is 24.3 Å². The highest BCUT2D eigenvalue weighted by Gasteiger charge is 2.26. The Balaban J connectivity index is 1.84. The number of rotatable bonds is 8. The minimum atomic E-state index is -0.323. The fourth-order valence-electron chi connectivity index (χ4n) is 3.28. The normalized spacial score (nSPS) is 12.0. The minimum absolute atomic E-state index is 0.0964. The molecule has 0 amide bonds. The Hall–Kier alpha value is -2.18. The number of ether oxygens (including phenoxy) is 1. The predicted molar refractivity (Wildman–Crippen MR) is 122 cm³/mol. The van der Waals surface area contributed by atoms with E-state index in [1.807, 2.05) is 61.6 Å². The molecular weight excluding hydrogens is 461 g/mol. The Morgan fingerprint density at radius 1 is 0.964 bits per heavy atom. The van der Waals surface area contributed by atoms with Crippen molar-refractivity contribution in [2.75, 3.05) is 20.7 Å². The number of hydrogen-bond acceptors (Lipinski definition) is 3. The van der Waals surface area contributed by atoms with Crippen LogP contribution in [0.25, 0.3) is 0 Å². The van der Waals surface area contributed by atoms with E-state index in [9.17, 15) is 4.79 Å². The Morgan fingerprint density at radius 2 is 1.61 bits per heavy atom. The number of nitrogens with zero attached hydrogens (tertiary/aromatic N) is 1. The summed E-state index contributed by atoms with van der Waals surface area (Å²) >= 11 is 2.37. The molecule has 1 unspecified atom stereocenters. The van der Waals surface area contributed by atoms with Crippen molar-refractivity contribution in [2.45, 2.75) is 12.5 Å². The van der Waals surface area contributed by atoms with E-state index in [1.54, 1.807) is 7.11 Å². The molecule has 1 atom stereocenters. The van der Waals surface area contributed by atoms with E-state index in [0.29, 0.717) is 5.56 Å². The van der Waals surface area contributed by atoms with Gasteiger partial charge in [0.2, 0.25) is 0 Å². The van der Waals surface area contributed by atoms with Gasteiger partial charge in [0, 0.05) is 15.7 Å². The molecule has 3 aromatic rings. The third-order valence-corrected chi connectivity index (χ3v) is 5.92. The average Bonchev–Trinajstić information content (AvgIpc) is 2.74. The highest BCUT2D eigenvalue weighted by Crippen LogP contribution is 2.26. The number of carbonyl (C=O) groups excluding carboxylic acids is 1. The first kappa shape index (κ1) is 20.6. The van der Waals surface area contributed by atoms with Crippen LogP contribution in [-0.2, 0) is 6.42 Å². The molecule has 0 saturated heterocycles. The summed E-state index contributed by atoms with van der Waals surface area (Å²) in [6, 6.07) is 25.4. The van der Waals surface area contributed by atoms with Crippen molar-refractivity contribution in [3.63, 3.8) is 0 Å². The Morgan fingerprint density at radius 3 is 2.25 bits per heavy atom. The van der Waals surface area contributed by atoms with Gasteiger partial charge in [-0.05, 0) is 77.5 Å². The third kappa shape index (κ3) is 5.00. The number of ketones is 1. The quantitative estimate of drug-likeness (QED) is 0.316. The first-order chi connectivity index (χ1) is 13.6. The number of hydrogen-bond donors (Lipinski definition) is 0. The van der Waals surface area contributed by atoms with Crippen LogP contribution in [0.4, 0.5) is 0 Å². The lowest BCUT2D eigenvalue weighted by Crippen LogP contribution is -2.32. The standard InChI is InChI=1S/C24H24INO2/c1-26(17-16-18-8-6-7-11-22(18)25)23(19-9-4-3-5-10-19)24(27)20-12-14-21(28-2)15-13-20/h3-15,23H,16-17H2,1-2H3. The molecule has 0 radical (unpaired) electrons. The molecule has 0 bridgehead atoms. The second-order valence-electron chi connectivity index (χ2n) is 6.73. The summed E-state index contributed by atoms with van der Waals surface area (Å²) in [6.45, 7) is 0.793. The van der Waals surface area contributed by atoms with Gasteiger partial charge in [-0.15, -0.1) is 0 Å². The van der Waals surface area contributed by atoms with Crippen molar-refractivity contribution in [3.05, 3.63) is 99.1 Å². The molecule has 0 aliphatic carbocycles. The Labute approximate surface area is 180 Å². The summed E-state index contributed by atoms with van der Waals surface area (Å²) in [5.41, 5.74) is 3.00. The zero-order valence-corrected chi connectivity index (χ0v) is 18.3. The van der Waals surface area contributed by atoms with E-state index >= 15 is 0 Å². The van der Waals surface area contributed by atoms with Gasteiger partial charge < -0.3 is 4.74 Å². The molecule has 3 nitrogen and oxygen atoms in total. The van der Waals surface area contributed by atoms with Gasteiger partial charge in [0.25, 0.3) is 0 Å². The van der Waals surface area contributed by atoms with Crippen LogP contribution in [0.15, 0.2) is 78.9 Å². The number of Topliss-reactive ketones (excluding diaryl/α,β-unsaturated/α-hetero) is 1. The predicted octanol–water partition coefficient (Wildman–Crippen LogP) is 5.40. The van der Waals surface area contributed by atoms with Crippen LogP contribution in [0, 0.1) is 3.57 Å². The molecule has 28 heavy (non-hydrogen) atoms. The molecule has 3 rings (SSSR count). The van der Waals surface area contributed by atoms with Crippen molar-refractivity contribution < 1.29 is 9.53 Å². The molecular formula is C24H24INO2. The SMILES string of the molecule is COc1ccc(C(=O)C(c2ccccc2)N(C)CCc2ccccc2I)cc1. The molecule has 3 aromatic carbocycles. The fraction of sp³-hybridized carbons (Fsp3) is 0.208. The minimum Gasteiger partial charge on any atom is -0.497 e. The maximum absolute atomic E-state index is 13.4. The Kier molecular flexibility index (Phi) is 7.23. The Bertz CT molecular complexity index is 909. The monoisotopic (exact) mass is 485 g/mol. The van der Waals surface area contributed by atoms with Crippen molar-refractivity contribution in [1.29, 1.82) is 0 Å². The molecule has 0 saturated carbocycles. The van der Waals surface area contributed by atoms with E-state index in [4.69, 9.17) is 4.74 Å². The van der Waals surface area contributed by atoms with Gasteiger partial charge in [-0.2, -0.15) is 0 Å². The molecule has 144 valence electrons. The molecule has 0 aliphatic heterocycles. The van der Waals surface area contributed by atoms with Crippen LogP contribution in [0.3, 0.4) is 0 Å². The van der Waals surface area contributed by atoms with Crippen LogP contribution in [0.5, 0.6) is 5.75 Å². The topological polar surface area (TPSA) is 29.5 Å². The highest BCUT2D eigenvalue weighted by atomic mass is 127. The molecule has 4 heteroatoms. The van der Waals surface area contributed by atoms with Crippen molar-refractivity contribution >= 4 is 28.4 Å². The van der Waals surface area contributed by atoms with E-state index in [2.05, 4.69) is 51.8 Å². The van der Waals surface area contributed by atoms with Crippen molar-refractivity contribution in [3.8, 4) is 5.75 Å². The number of carbonyl (C=O) groups is 1. The van der Waals surface area contributed by atoms with Crippen LogP contribution in [0.1, 0.15) is 27.5 Å². The summed E-state index contributed by atoms with van der Waals surface area (Å²) in [7, 11) is 3.65. The zero-order valence-electron chi connectivity index (χ0n) is 16.1. The molecule has 0 aliphatic rings. The smallest absolute Gasteiger partial charge is 0.184 e. The first-order valence-electron chi connectivity index (χ1n) is 9.27. The molecule has 0 aromatic heterocycles. The highest BCUT2D eigenvalue weighted by molar-refractivity contribution is 14.1. The lowest BCUT2D eigenvalue weighted by molar-refractivity contribution is 0.0852. The summed E-state index contributed by atoms with van der Waals surface area (Å²) in [5, 5.41) is 0. The van der Waals surface area contributed by atoms with Gasteiger partial charge in [0.05, 0.1) is 13.2 Å². The van der Waals surface area contributed by atoms with Crippen LogP contribution >= 0.6 is 22.6 Å². The largest absolute Gasteiger partial charge is 0.497 e. The number of halogens is 1. The molecule has 0 fully saturated rings. The molecule has 0 N–H and O–H groups in total. The van der Waals surface area contributed by atoms with E-state index in [-0.39, 0.29) is 11.8 Å². The van der Waals surface area contributed by atoms with Gasteiger partial charge in [0.1, 0.15) is 5.75 Å². The van der Waals surface area contributed by atoms with Gasteiger partial charge >= 0.3 is 0 Å². The third-order valence-electron chi connectivity index (χ3n) is 4.87. The summed E-state index contributed by atoms with van der Waals surface area (Å²) < 4.78 is 6.47. The van der Waals surface area contributed by atoms with Gasteiger partial charge in [-0.1, -0.05) is 48.5 Å². The number of benzene rings is 3. The first-order valence-corrected chi connectivity index (χ1v) is 10.3. The van der Waals surface area contributed by atoms with Gasteiger partial charge in [-0.3, -0.25) is 9.69 Å². The van der Waals surface area contributed by atoms with Crippen molar-refractivity contribution in [1.82, 2.24) is 4.90 Å². The zero-order chi connectivity index (χ0) is 19.9. The average molecular weight is 485 g/mol. The van der Waals surface area contributed by atoms with Gasteiger partial charge in [-0.25, -0.2) is 0 Å². The number of likely N-dealkylation sites (N-methyl/N-ethyl adjacent to an activating group) is 1. The summed E-state index contributed by atoms with van der Waals surface area (Å²) in [4.78, 5) is 15.5. The fourth-order valence-corrected chi connectivity index (χ4v) is 3.94. The molecule has 0 heterocycles. The van der Waals surface area contributed by atoms with Crippen LogP contribution in [0.2, 0.25) is 0 Å². The summed E-state index contributed by atoms with van der Waals surface area (Å²) in [5.74, 6) is 0.846. The maximum Gasteiger partial charge on any atom is 0.184 e. The second kappa shape index (κ2) is 9.85. The maximum atomic E-state index is 13.4. The second-order valence-corrected chi connectivity index (χ2v) is 7.89. The molecule has 0 spiro atoms.